The highest BCUT2D eigenvalue weighted by atomic mass is 16.5. The van der Waals surface area contributed by atoms with Crippen molar-refractivity contribution in [3.05, 3.63) is 72.1 Å². The number of amides is 2. The molecule has 0 radical (unpaired) electrons. The third-order valence-electron chi connectivity index (χ3n) is 5.87. The summed E-state index contributed by atoms with van der Waals surface area (Å²) >= 11 is 0. The summed E-state index contributed by atoms with van der Waals surface area (Å²) in [5, 5.41) is 6.75. The molecule has 2 aromatic carbocycles. The zero-order chi connectivity index (χ0) is 23.2. The number of hydrogen-bond acceptors (Lipinski definition) is 4. The minimum atomic E-state index is -0.451. The molecule has 1 unspecified atom stereocenters. The summed E-state index contributed by atoms with van der Waals surface area (Å²) in [6, 6.07) is 12.2. The Labute approximate surface area is 193 Å². The lowest BCUT2D eigenvalue weighted by Gasteiger charge is -2.26. The minimum Gasteiger partial charge on any atom is -0.462 e. The second-order valence-electron chi connectivity index (χ2n) is 8.13. The van der Waals surface area contributed by atoms with Gasteiger partial charge in [0.1, 0.15) is 0 Å². The van der Waals surface area contributed by atoms with E-state index in [0.29, 0.717) is 29.5 Å². The van der Waals surface area contributed by atoms with Gasteiger partial charge in [-0.1, -0.05) is 25.1 Å². The maximum atomic E-state index is 12.7. The Morgan fingerprint density at radius 2 is 2.00 bits per heavy atom. The van der Waals surface area contributed by atoms with Crippen LogP contribution in [0.3, 0.4) is 0 Å². The van der Waals surface area contributed by atoms with Gasteiger partial charge in [-0.2, -0.15) is 0 Å². The van der Waals surface area contributed by atoms with Crippen molar-refractivity contribution < 1.29 is 14.3 Å². The number of carbonyl (C=O) groups excluding carboxylic acids is 2. The summed E-state index contributed by atoms with van der Waals surface area (Å²) in [5.41, 5.74) is 3.68. The number of benzene rings is 2. The standard InChI is InChI=1S/C26H30N4O3/c1-3-15-33-25(31)20-7-5-6-8-24(20)29-26(32)28-19-9-10-23-21(16-19)22(17-27-23)18-11-13-30(4-2)14-12-18/h5-11,13,16-18,27H,3-4,12,14-15H2,1-2H3,(H2,28,29,32). The van der Waals surface area contributed by atoms with Gasteiger partial charge in [0.25, 0.3) is 0 Å². The molecule has 0 saturated heterocycles. The van der Waals surface area contributed by atoms with E-state index in [1.54, 1.807) is 24.3 Å². The van der Waals surface area contributed by atoms with Gasteiger partial charge in [-0.05, 0) is 61.9 Å². The van der Waals surface area contributed by atoms with Gasteiger partial charge in [0, 0.05) is 41.8 Å². The lowest BCUT2D eigenvalue weighted by atomic mass is 9.93. The molecule has 33 heavy (non-hydrogen) atoms. The number of fused-ring (bicyclic) bond motifs is 1. The fraction of sp³-hybridized carbons (Fsp3) is 0.308. The van der Waals surface area contributed by atoms with Gasteiger partial charge in [0.2, 0.25) is 0 Å². The molecule has 4 rings (SSSR count). The van der Waals surface area contributed by atoms with Crippen molar-refractivity contribution in [3.8, 4) is 0 Å². The first kappa shape index (κ1) is 22.5. The number of para-hydroxylation sites is 1. The van der Waals surface area contributed by atoms with E-state index in [0.717, 1.165) is 36.8 Å². The normalized spacial score (nSPS) is 15.5. The van der Waals surface area contributed by atoms with Crippen LogP contribution in [0.5, 0.6) is 0 Å². The number of rotatable bonds is 7. The highest BCUT2D eigenvalue weighted by Gasteiger charge is 2.18. The number of nitrogens with one attached hydrogen (secondary N) is 3. The molecule has 0 saturated carbocycles. The molecule has 1 aliphatic heterocycles. The van der Waals surface area contributed by atoms with E-state index < -0.39 is 12.0 Å². The average molecular weight is 447 g/mol. The van der Waals surface area contributed by atoms with Crippen molar-refractivity contribution in [1.29, 1.82) is 0 Å². The van der Waals surface area contributed by atoms with Gasteiger partial charge < -0.3 is 25.3 Å². The van der Waals surface area contributed by atoms with Crippen LogP contribution in [0, 0.1) is 0 Å². The quantitative estimate of drug-likeness (QED) is 0.406. The van der Waals surface area contributed by atoms with Crippen LogP contribution in [0.4, 0.5) is 16.2 Å². The average Bonchev–Trinajstić information content (AvgIpc) is 3.26. The second kappa shape index (κ2) is 10.3. The van der Waals surface area contributed by atoms with Crippen LogP contribution in [-0.2, 0) is 4.74 Å². The van der Waals surface area contributed by atoms with E-state index in [4.69, 9.17) is 4.74 Å². The first-order valence-corrected chi connectivity index (χ1v) is 11.5. The maximum absolute atomic E-state index is 12.7. The topological polar surface area (TPSA) is 86.5 Å². The molecule has 1 aromatic heterocycles. The van der Waals surface area contributed by atoms with Crippen molar-refractivity contribution in [2.75, 3.05) is 30.3 Å². The third-order valence-corrected chi connectivity index (χ3v) is 5.87. The first-order chi connectivity index (χ1) is 16.1. The monoisotopic (exact) mass is 446 g/mol. The van der Waals surface area contributed by atoms with E-state index in [1.807, 2.05) is 25.1 Å². The number of esters is 1. The molecule has 1 atom stereocenters. The lowest BCUT2D eigenvalue weighted by molar-refractivity contribution is 0.0506. The smallest absolute Gasteiger partial charge is 0.340 e. The molecular weight excluding hydrogens is 416 g/mol. The Bertz CT molecular complexity index is 1170. The minimum absolute atomic E-state index is 0.328. The fourth-order valence-corrected chi connectivity index (χ4v) is 4.08. The van der Waals surface area contributed by atoms with Crippen molar-refractivity contribution in [3.63, 3.8) is 0 Å². The van der Waals surface area contributed by atoms with Gasteiger partial charge in [0.15, 0.2) is 0 Å². The predicted octanol–water partition coefficient (Wildman–Crippen LogP) is 5.70. The van der Waals surface area contributed by atoms with Gasteiger partial charge in [-0.3, -0.25) is 0 Å². The molecule has 2 heterocycles. The van der Waals surface area contributed by atoms with Crippen molar-refractivity contribution in [2.45, 2.75) is 32.6 Å². The maximum Gasteiger partial charge on any atom is 0.340 e. The van der Waals surface area contributed by atoms with Crippen LogP contribution in [0.25, 0.3) is 10.9 Å². The van der Waals surface area contributed by atoms with Crippen LogP contribution in [0.1, 0.15) is 48.5 Å². The number of urea groups is 1. The number of ether oxygens (including phenoxy) is 1. The van der Waals surface area contributed by atoms with E-state index in [-0.39, 0.29) is 0 Å². The van der Waals surface area contributed by atoms with Gasteiger partial charge >= 0.3 is 12.0 Å². The number of hydrogen-bond donors (Lipinski definition) is 3. The highest BCUT2D eigenvalue weighted by Crippen LogP contribution is 2.32. The molecule has 172 valence electrons. The van der Waals surface area contributed by atoms with Crippen LogP contribution < -0.4 is 10.6 Å². The predicted molar refractivity (Wildman–Crippen MR) is 132 cm³/mol. The van der Waals surface area contributed by atoms with Crippen LogP contribution >= 0.6 is 0 Å². The summed E-state index contributed by atoms with van der Waals surface area (Å²) in [7, 11) is 0. The fourth-order valence-electron chi connectivity index (χ4n) is 4.08. The molecule has 0 spiro atoms. The third kappa shape index (κ3) is 5.19. The van der Waals surface area contributed by atoms with Gasteiger partial charge in [-0.25, -0.2) is 9.59 Å². The summed E-state index contributed by atoms with van der Waals surface area (Å²) < 4.78 is 5.22. The molecular formula is C26H30N4O3. The number of carbonyl (C=O) groups is 2. The summed E-state index contributed by atoms with van der Waals surface area (Å²) in [5.74, 6) is -0.111. The highest BCUT2D eigenvalue weighted by molar-refractivity contribution is 6.05. The largest absolute Gasteiger partial charge is 0.462 e. The molecule has 3 aromatic rings. The van der Waals surface area contributed by atoms with E-state index in [9.17, 15) is 9.59 Å². The number of allylic oxidation sites excluding steroid dienone is 1. The van der Waals surface area contributed by atoms with E-state index >= 15 is 0 Å². The van der Waals surface area contributed by atoms with Crippen molar-refractivity contribution >= 4 is 34.3 Å². The second-order valence-corrected chi connectivity index (χ2v) is 8.13. The Hall–Kier alpha value is -3.74. The zero-order valence-electron chi connectivity index (χ0n) is 19.1. The molecule has 3 N–H and O–H groups in total. The van der Waals surface area contributed by atoms with Crippen LogP contribution in [-0.4, -0.2) is 41.6 Å². The summed E-state index contributed by atoms with van der Waals surface area (Å²) in [6.07, 6.45) is 8.27. The Balaban J connectivity index is 1.49. The molecule has 0 aliphatic carbocycles. The van der Waals surface area contributed by atoms with Gasteiger partial charge in [0.05, 0.1) is 17.9 Å². The summed E-state index contributed by atoms with van der Waals surface area (Å²) in [4.78, 5) is 30.6. The Morgan fingerprint density at radius 3 is 2.76 bits per heavy atom. The molecule has 2 amide bonds. The number of aromatic nitrogens is 1. The number of H-pyrrole nitrogens is 1. The molecule has 1 aliphatic rings. The Morgan fingerprint density at radius 1 is 1.15 bits per heavy atom. The first-order valence-electron chi connectivity index (χ1n) is 11.5. The molecule has 7 heteroatoms. The number of nitrogens with zero attached hydrogens (tertiary/aromatic N) is 1. The SMILES string of the molecule is CCCOC(=O)c1ccccc1NC(=O)Nc1ccc2[nH]cc(C3C=CN(CC)CC3)c2c1. The van der Waals surface area contributed by atoms with Crippen LogP contribution in [0.2, 0.25) is 0 Å². The lowest BCUT2D eigenvalue weighted by Crippen LogP contribution is -2.23. The molecule has 0 bridgehead atoms. The summed E-state index contributed by atoms with van der Waals surface area (Å²) in [6.45, 7) is 6.48. The van der Waals surface area contributed by atoms with E-state index in [1.165, 1.54) is 5.56 Å². The molecule has 7 nitrogen and oxygen atoms in total. The zero-order valence-corrected chi connectivity index (χ0v) is 19.1. The number of aromatic amines is 1. The van der Waals surface area contributed by atoms with Crippen molar-refractivity contribution in [1.82, 2.24) is 9.88 Å². The number of anilines is 2. The van der Waals surface area contributed by atoms with Crippen LogP contribution in [0.15, 0.2) is 60.9 Å². The molecule has 0 fully saturated rings. The van der Waals surface area contributed by atoms with E-state index in [2.05, 4.69) is 45.9 Å². The Kier molecular flexibility index (Phi) is 6.98. The van der Waals surface area contributed by atoms with Crippen molar-refractivity contribution in [2.24, 2.45) is 0 Å². The van der Waals surface area contributed by atoms with Gasteiger partial charge in [-0.15, -0.1) is 0 Å².